The molecule has 0 radical (unpaired) electrons. The number of nitrogens with two attached hydrogens (primary N) is 1. The zero-order valence-corrected chi connectivity index (χ0v) is 9.23. The van der Waals surface area contributed by atoms with Crippen LogP contribution in [0.2, 0.25) is 0 Å². The van der Waals surface area contributed by atoms with Gasteiger partial charge in [0.05, 0.1) is 17.7 Å². The van der Waals surface area contributed by atoms with Crippen LogP contribution < -0.4 is 11.1 Å². The van der Waals surface area contributed by atoms with Crippen molar-refractivity contribution in [3.05, 3.63) is 35.4 Å². The van der Waals surface area contributed by atoms with Crippen LogP contribution in [0.1, 0.15) is 24.5 Å². The molecule has 0 heterocycles. The SMILES string of the molecule is CCC(N)C(=O)NCc1ccc(C#N)cc1. The van der Waals surface area contributed by atoms with Crippen LogP contribution in [0.5, 0.6) is 0 Å². The third kappa shape index (κ3) is 3.37. The number of amides is 1. The Morgan fingerprint density at radius 2 is 2.12 bits per heavy atom. The summed E-state index contributed by atoms with van der Waals surface area (Å²) in [5.74, 6) is -0.146. The Morgan fingerprint density at radius 1 is 1.50 bits per heavy atom. The second-order valence-electron chi connectivity index (χ2n) is 3.54. The Kier molecular flexibility index (Phi) is 4.49. The normalized spacial score (nSPS) is 11.6. The van der Waals surface area contributed by atoms with Gasteiger partial charge in [0.25, 0.3) is 0 Å². The molecule has 1 rings (SSSR count). The van der Waals surface area contributed by atoms with Gasteiger partial charge in [-0.1, -0.05) is 19.1 Å². The highest BCUT2D eigenvalue weighted by molar-refractivity contribution is 5.81. The molecule has 0 saturated heterocycles. The Labute approximate surface area is 95.1 Å². The zero-order valence-electron chi connectivity index (χ0n) is 9.23. The van der Waals surface area contributed by atoms with Gasteiger partial charge in [-0.25, -0.2) is 0 Å². The van der Waals surface area contributed by atoms with Gasteiger partial charge >= 0.3 is 0 Å². The van der Waals surface area contributed by atoms with Crippen LogP contribution in [0.4, 0.5) is 0 Å². The fourth-order valence-electron chi connectivity index (χ4n) is 1.20. The first kappa shape index (κ1) is 12.2. The highest BCUT2D eigenvalue weighted by atomic mass is 16.2. The number of carbonyl (C=O) groups excluding carboxylic acids is 1. The standard InChI is InChI=1S/C12H15N3O/c1-2-11(14)12(16)15-8-10-5-3-9(7-13)4-6-10/h3-6,11H,2,8,14H2,1H3,(H,15,16). The van der Waals surface area contributed by atoms with Gasteiger partial charge in [-0.05, 0) is 24.1 Å². The maximum absolute atomic E-state index is 11.4. The van der Waals surface area contributed by atoms with E-state index in [1.807, 2.05) is 25.1 Å². The molecule has 84 valence electrons. The van der Waals surface area contributed by atoms with E-state index < -0.39 is 6.04 Å². The highest BCUT2D eigenvalue weighted by Crippen LogP contribution is 2.02. The summed E-state index contributed by atoms with van der Waals surface area (Å²) in [4.78, 5) is 11.4. The van der Waals surface area contributed by atoms with E-state index in [0.717, 1.165) is 5.56 Å². The number of nitrogens with one attached hydrogen (secondary N) is 1. The monoisotopic (exact) mass is 217 g/mol. The Hall–Kier alpha value is -1.86. The van der Waals surface area contributed by atoms with Gasteiger partial charge in [-0.15, -0.1) is 0 Å². The smallest absolute Gasteiger partial charge is 0.237 e. The molecule has 0 aliphatic carbocycles. The zero-order chi connectivity index (χ0) is 12.0. The maximum atomic E-state index is 11.4. The van der Waals surface area contributed by atoms with Gasteiger partial charge in [0.2, 0.25) is 5.91 Å². The van der Waals surface area contributed by atoms with E-state index in [4.69, 9.17) is 11.0 Å². The van der Waals surface area contributed by atoms with Gasteiger partial charge in [-0.3, -0.25) is 4.79 Å². The summed E-state index contributed by atoms with van der Waals surface area (Å²) in [5.41, 5.74) is 7.14. The molecule has 0 fully saturated rings. The molecule has 1 atom stereocenters. The highest BCUT2D eigenvalue weighted by Gasteiger charge is 2.09. The minimum atomic E-state index is -0.446. The molecule has 1 unspecified atom stereocenters. The van der Waals surface area contributed by atoms with Gasteiger partial charge in [0.15, 0.2) is 0 Å². The van der Waals surface area contributed by atoms with Crippen LogP contribution in [0.25, 0.3) is 0 Å². The summed E-state index contributed by atoms with van der Waals surface area (Å²) in [6, 6.07) is 8.67. The number of hydrogen-bond acceptors (Lipinski definition) is 3. The first-order valence-corrected chi connectivity index (χ1v) is 5.19. The lowest BCUT2D eigenvalue weighted by Crippen LogP contribution is -2.39. The van der Waals surface area contributed by atoms with Crippen LogP contribution in [0, 0.1) is 11.3 Å². The predicted molar refractivity (Wildman–Crippen MR) is 61.3 cm³/mol. The molecule has 0 aliphatic rings. The Morgan fingerprint density at radius 3 is 2.62 bits per heavy atom. The molecule has 1 amide bonds. The van der Waals surface area contributed by atoms with E-state index in [1.54, 1.807) is 12.1 Å². The average Bonchev–Trinajstić information content (AvgIpc) is 2.35. The van der Waals surface area contributed by atoms with E-state index >= 15 is 0 Å². The number of benzene rings is 1. The van der Waals surface area contributed by atoms with Gasteiger partial charge in [-0.2, -0.15) is 5.26 Å². The van der Waals surface area contributed by atoms with Crippen molar-refractivity contribution < 1.29 is 4.79 Å². The molecule has 4 nitrogen and oxygen atoms in total. The van der Waals surface area contributed by atoms with Crippen molar-refractivity contribution in [2.45, 2.75) is 25.9 Å². The molecule has 3 N–H and O–H groups in total. The molecule has 4 heteroatoms. The molecule has 0 spiro atoms. The quantitative estimate of drug-likeness (QED) is 0.786. The largest absolute Gasteiger partial charge is 0.351 e. The first-order chi connectivity index (χ1) is 7.67. The van der Waals surface area contributed by atoms with Gasteiger partial charge in [0.1, 0.15) is 0 Å². The average molecular weight is 217 g/mol. The van der Waals surface area contributed by atoms with Gasteiger partial charge in [0, 0.05) is 6.54 Å². The predicted octanol–water partition coefficient (Wildman–Crippen LogP) is 0.912. The van der Waals surface area contributed by atoms with Crippen molar-refractivity contribution in [3.63, 3.8) is 0 Å². The molecular weight excluding hydrogens is 202 g/mol. The number of hydrogen-bond donors (Lipinski definition) is 2. The van der Waals surface area contributed by atoms with E-state index in [-0.39, 0.29) is 5.91 Å². The molecule has 0 aliphatic heterocycles. The fraction of sp³-hybridized carbons (Fsp3) is 0.333. The van der Waals surface area contributed by atoms with Crippen molar-refractivity contribution in [1.29, 1.82) is 5.26 Å². The first-order valence-electron chi connectivity index (χ1n) is 5.19. The van der Waals surface area contributed by atoms with E-state index in [0.29, 0.717) is 18.5 Å². The van der Waals surface area contributed by atoms with Crippen LogP contribution in [0.15, 0.2) is 24.3 Å². The second kappa shape index (κ2) is 5.89. The third-order valence-corrected chi connectivity index (χ3v) is 2.33. The summed E-state index contributed by atoms with van der Waals surface area (Å²) >= 11 is 0. The van der Waals surface area contributed by atoms with Crippen molar-refractivity contribution in [1.82, 2.24) is 5.32 Å². The molecule has 0 bridgehead atoms. The van der Waals surface area contributed by atoms with E-state index in [2.05, 4.69) is 5.32 Å². The molecular formula is C12H15N3O. The minimum absolute atomic E-state index is 0.146. The number of carbonyl (C=O) groups is 1. The van der Waals surface area contributed by atoms with Crippen LogP contribution in [-0.4, -0.2) is 11.9 Å². The summed E-state index contributed by atoms with van der Waals surface area (Å²) in [6.07, 6.45) is 0.624. The van der Waals surface area contributed by atoms with Crippen LogP contribution in [0.3, 0.4) is 0 Å². The molecule has 0 saturated carbocycles. The van der Waals surface area contributed by atoms with Gasteiger partial charge < -0.3 is 11.1 Å². The summed E-state index contributed by atoms with van der Waals surface area (Å²) in [6.45, 7) is 2.31. The molecule has 0 aromatic heterocycles. The second-order valence-corrected chi connectivity index (χ2v) is 3.54. The number of nitriles is 1. The molecule has 1 aromatic rings. The van der Waals surface area contributed by atoms with Crippen molar-refractivity contribution >= 4 is 5.91 Å². The van der Waals surface area contributed by atoms with E-state index in [9.17, 15) is 4.79 Å². The molecule has 1 aromatic carbocycles. The lowest BCUT2D eigenvalue weighted by atomic mass is 10.1. The van der Waals surface area contributed by atoms with Crippen molar-refractivity contribution in [2.24, 2.45) is 5.73 Å². The molecule has 16 heavy (non-hydrogen) atoms. The lowest BCUT2D eigenvalue weighted by Gasteiger charge is -2.09. The minimum Gasteiger partial charge on any atom is -0.351 e. The summed E-state index contributed by atoms with van der Waals surface area (Å²) in [7, 11) is 0. The van der Waals surface area contributed by atoms with E-state index in [1.165, 1.54) is 0 Å². The third-order valence-electron chi connectivity index (χ3n) is 2.33. The number of rotatable bonds is 4. The maximum Gasteiger partial charge on any atom is 0.237 e. The van der Waals surface area contributed by atoms with Crippen LogP contribution >= 0.6 is 0 Å². The number of nitrogens with zero attached hydrogens (tertiary/aromatic N) is 1. The Bertz CT molecular complexity index is 392. The fourth-order valence-corrected chi connectivity index (χ4v) is 1.20. The van der Waals surface area contributed by atoms with Crippen molar-refractivity contribution in [3.8, 4) is 6.07 Å². The Balaban J connectivity index is 2.49. The van der Waals surface area contributed by atoms with Crippen LogP contribution in [-0.2, 0) is 11.3 Å². The summed E-state index contributed by atoms with van der Waals surface area (Å²) in [5, 5.41) is 11.4. The lowest BCUT2D eigenvalue weighted by molar-refractivity contribution is -0.122. The topological polar surface area (TPSA) is 78.9 Å². The summed E-state index contributed by atoms with van der Waals surface area (Å²) < 4.78 is 0. The van der Waals surface area contributed by atoms with Crippen molar-refractivity contribution in [2.75, 3.05) is 0 Å².